The molecule has 0 aliphatic carbocycles. The van der Waals surface area contributed by atoms with Gasteiger partial charge in [0.05, 0.1) is 11.0 Å². The molecule has 0 aliphatic heterocycles. The van der Waals surface area contributed by atoms with Crippen molar-refractivity contribution in [1.82, 2.24) is 4.57 Å². The molecule has 1 aromatic heterocycles. The summed E-state index contributed by atoms with van der Waals surface area (Å²) < 4.78 is 2.37. The number of hydrogen-bond acceptors (Lipinski definition) is 1. The van der Waals surface area contributed by atoms with E-state index < -0.39 is 0 Å². The van der Waals surface area contributed by atoms with E-state index in [1.54, 1.807) is 0 Å². The minimum atomic E-state index is 1.10. The Hall–Kier alpha value is -6.90. The molecule has 0 radical (unpaired) electrons. The molecule has 10 aromatic rings. The molecule has 0 bridgehead atoms. The Labute approximate surface area is 303 Å². The van der Waals surface area contributed by atoms with Crippen LogP contribution in [0, 0.1) is 0 Å². The number of aromatic nitrogens is 1. The van der Waals surface area contributed by atoms with E-state index in [0.29, 0.717) is 0 Å². The van der Waals surface area contributed by atoms with Gasteiger partial charge in [-0.3, -0.25) is 0 Å². The van der Waals surface area contributed by atoms with E-state index in [4.69, 9.17) is 0 Å². The van der Waals surface area contributed by atoms with E-state index in [1.165, 1.54) is 65.6 Å². The maximum atomic E-state index is 2.37. The lowest BCUT2D eigenvalue weighted by Crippen LogP contribution is -2.10. The van der Waals surface area contributed by atoms with Gasteiger partial charge in [-0.2, -0.15) is 0 Å². The summed E-state index contributed by atoms with van der Waals surface area (Å²) in [5.41, 5.74) is 11.8. The van der Waals surface area contributed by atoms with E-state index in [9.17, 15) is 0 Å². The van der Waals surface area contributed by atoms with Gasteiger partial charge in [0, 0.05) is 33.5 Å². The summed E-state index contributed by atoms with van der Waals surface area (Å²) >= 11 is 0. The fourth-order valence-corrected chi connectivity index (χ4v) is 7.94. The monoisotopic (exact) mass is 662 g/mol. The van der Waals surface area contributed by atoms with Gasteiger partial charge < -0.3 is 9.47 Å². The molecule has 244 valence electrons. The molecule has 0 aliphatic rings. The predicted molar refractivity (Wildman–Crippen MR) is 221 cm³/mol. The number of fused-ring (bicyclic) bond motifs is 5. The predicted octanol–water partition coefficient (Wildman–Crippen LogP) is 13.9. The van der Waals surface area contributed by atoms with E-state index in [-0.39, 0.29) is 0 Å². The van der Waals surface area contributed by atoms with Crippen LogP contribution in [0.2, 0.25) is 0 Å². The average molecular weight is 663 g/mol. The van der Waals surface area contributed by atoms with Crippen LogP contribution in [0.3, 0.4) is 0 Å². The highest BCUT2D eigenvalue weighted by Crippen LogP contribution is 2.41. The summed E-state index contributed by atoms with van der Waals surface area (Å²) in [6.07, 6.45) is 0. The van der Waals surface area contributed by atoms with Gasteiger partial charge in [-0.05, 0) is 117 Å². The summed E-state index contributed by atoms with van der Waals surface area (Å²) in [4.78, 5) is 2.34. The summed E-state index contributed by atoms with van der Waals surface area (Å²) in [6, 6.07) is 74.6. The zero-order chi connectivity index (χ0) is 34.4. The summed E-state index contributed by atoms with van der Waals surface area (Å²) in [7, 11) is 0. The molecule has 0 saturated heterocycles. The Morgan fingerprint density at radius 1 is 0.308 bits per heavy atom. The fourth-order valence-electron chi connectivity index (χ4n) is 7.94. The van der Waals surface area contributed by atoms with Crippen molar-refractivity contribution in [3.8, 4) is 27.9 Å². The topological polar surface area (TPSA) is 8.17 Å². The number of anilines is 3. The largest absolute Gasteiger partial charge is 0.311 e. The zero-order valence-corrected chi connectivity index (χ0v) is 28.5. The van der Waals surface area contributed by atoms with Gasteiger partial charge in [-0.1, -0.05) is 133 Å². The van der Waals surface area contributed by atoms with Crippen LogP contribution >= 0.6 is 0 Å². The van der Waals surface area contributed by atoms with Gasteiger partial charge in [0.15, 0.2) is 0 Å². The van der Waals surface area contributed by atoms with Crippen molar-refractivity contribution in [3.63, 3.8) is 0 Å². The second-order valence-electron chi connectivity index (χ2n) is 13.4. The van der Waals surface area contributed by atoms with Crippen LogP contribution in [0.25, 0.3) is 71.3 Å². The molecule has 0 N–H and O–H groups in total. The third kappa shape index (κ3) is 5.04. The lowest BCUT2D eigenvalue weighted by atomic mass is 9.90. The van der Waals surface area contributed by atoms with Crippen LogP contribution < -0.4 is 4.90 Å². The van der Waals surface area contributed by atoms with E-state index in [1.807, 2.05) is 0 Å². The maximum absolute atomic E-state index is 2.37. The lowest BCUT2D eigenvalue weighted by molar-refractivity contribution is 1.17. The molecule has 1 heterocycles. The second kappa shape index (κ2) is 12.5. The molecule has 2 heteroatoms. The molecule has 0 amide bonds. The summed E-state index contributed by atoms with van der Waals surface area (Å²) in [5.74, 6) is 0. The first-order chi connectivity index (χ1) is 25.8. The molecule has 0 atom stereocenters. The van der Waals surface area contributed by atoms with Gasteiger partial charge in [0.2, 0.25) is 0 Å². The number of nitrogens with zero attached hydrogens (tertiary/aromatic N) is 2. The van der Waals surface area contributed by atoms with Gasteiger partial charge >= 0.3 is 0 Å². The lowest BCUT2D eigenvalue weighted by Gasteiger charge is -2.26. The molecule has 10 rings (SSSR count). The van der Waals surface area contributed by atoms with Gasteiger partial charge in [0.1, 0.15) is 0 Å². The van der Waals surface area contributed by atoms with Crippen LogP contribution in [-0.4, -0.2) is 4.57 Å². The zero-order valence-electron chi connectivity index (χ0n) is 28.5. The third-order valence-electron chi connectivity index (χ3n) is 10.3. The van der Waals surface area contributed by atoms with Crippen molar-refractivity contribution in [2.75, 3.05) is 4.90 Å². The molecule has 9 aromatic carbocycles. The molecule has 0 unspecified atom stereocenters. The fraction of sp³-hybridized carbons (Fsp3) is 0. The van der Waals surface area contributed by atoms with Crippen molar-refractivity contribution < 1.29 is 0 Å². The standard InChI is InChI=1S/C50H34N2/c1-3-13-35(14-4-1)37-23-24-39-33-38-15-7-8-18-44(38)50(47(39)34-37)36-25-27-41(28-26-36)51(40-16-5-2-6-17-40)42-29-31-43(32-30-42)52-48-21-11-9-19-45(48)46-20-10-12-22-49(46)52/h1-34H. The Morgan fingerprint density at radius 2 is 0.808 bits per heavy atom. The molecular formula is C50H34N2. The SMILES string of the molecule is c1ccc(-c2ccc3cc4ccccc4c(-c4ccc(N(c5ccccc5)c5ccc(-n6c7ccccc7c7ccccc76)cc5)cc4)c3c2)cc1. The normalized spacial score (nSPS) is 11.5. The molecular weight excluding hydrogens is 629 g/mol. The van der Waals surface area contributed by atoms with Crippen LogP contribution in [0.1, 0.15) is 0 Å². The number of para-hydroxylation sites is 3. The Bertz CT molecular complexity index is 2820. The summed E-state index contributed by atoms with van der Waals surface area (Å²) in [5, 5.41) is 7.54. The van der Waals surface area contributed by atoms with E-state index >= 15 is 0 Å². The first kappa shape index (κ1) is 30.0. The quantitative estimate of drug-likeness (QED) is 0.161. The van der Waals surface area contributed by atoms with Crippen LogP contribution in [0.5, 0.6) is 0 Å². The Balaban J connectivity index is 1.09. The molecule has 0 saturated carbocycles. The molecule has 0 fully saturated rings. The van der Waals surface area contributed by atoms with Gasteiger partial charge in [0.25, 0.3) is 0 Å². The second-order valence-corrected chi connectivity index (χ2v) is 13.4. The smallest absolute Gasteiger partial charge is 0.0541 e. The highest BCUT2D eigenvalue weighted by atomic mass is 15.1. The van der Waals surface area contributed by atoms with Crippen molar-refractivity contribution in [2.45, 2.75) is 0 Å². The molecule has 0 spiro atoms. The highest BCUT2D eigenvalue weighted by molar-refractivity contribution is 6.13. The van der Waals surface area contributed by atoms with Crippen LogP contribution in [-0.2, 0) is 0 Å². The minimum Gasteiger partial charge on any atom is -0.311 e. The summed E-state index contributed by atoms with van der Waals surface area (Å²) in [6.45, 7) is 0. The van der Waals surface area contributed by atoms with E-state index in [2.05, 4.69) is 216 Å². The first-order valence-corrected chi connectivity index (χ1v) is 17.9. The molecule has 52 heavy (non-hydrogen) atoms. The minimum absolute atomic E-state index is 1.10. The average Bonchev–Trinajstić information content (AvgIpc) is 3.56. The number of rotatable bonds is 6. The Kier molecular flexibility index (Phi) is 7.18. The van der Waals surface area contributed by atoms with Crippen molar-refractivity contribution in [3.05, 3.63) is 206 Å². The van der Waals surface area contributed by atoms with Gasteiger partial charge in [-0.15, -0.1) is 0 Å². The van der Waals surface area contributed by atoms with Crippen LogP contribution in [0.4, 0.5) is 17.1 Å². The first-order valence-electron chi connectivity index (χ1n) is 17.9. The maximum Gasteiger partial charge on any atom is 0.0541 e. The van der Waals surface area contributed by atoms with Crippen molar-refractivity contribution in [1.29, 1.82) is 0 Å². The third-order valence-corrected chi connectivity index (χ3v) is 10.3. The van der Waals surface area contributed by atoms with Crippen LogP contribution in [0.15, 0.2) is 206 Å². The molecule has 2 nitrogen and oxygen atoms in total. The number of hydrogen-bond donors (Lipinski definition) is 0. The van der Waals surface area contributed by atoms with Gasteiger partial charge in [-0.25, -0.2) is 0 Å². The highest BCUT2D eigenvalue weighted by Gasteiger charge is 2.17. The Morgan fingerprint density at radius 3 is 1.48 bits per heavy atom. The van der Waals surface area contributed by atoms with Crippen molar-refractivity contribution in [2.24, 2.45) is 0 Å². The van der Waals surface area contributed by atoms with Crippen molar-refractivity contribution >= 4 is 60.4 Å². The van der Waals surface area contributed by atoms with E-state index in [0.717, 1.165) is 22.7 Å². The number of benzene rings is 9.